The minimum Gasteiger partial charge on any atom is -0.398 e. The van der Waals surface area contributed by atoms with Crippen LogP contribution in [0.25, 0.3) is 0 Å². The summed E-state index contributed by atoms with van der Waals surface area (Å²) in [5.41, 5.74) is 7.92. The van der Waals surface area contributed by atoms with Gasteiger partial charge in [-0.3, -0.25) is 4.98 Å². The number of pyridine rings is 1. The van der Waals surface area contributed by atoms with Gasteiger partial charge in [0.25, 0.3) is 0 Å². The first-order chi connectivity index (χ1) is 9.32. The quantitative estimate of drug-likeness (QED) is 0.819. The van der Waals surface area contributed by atoms with Crippen LogP contribution in [0.1, 0.15) is 39.2 Å². The molecule has 1 aromatic heterocycles. The van der Waals surface area contributed by atoms with E-state index in [0.717, 1.165) is 18.8 Å². The fourth-order valence-electron chi connectivity index (χ4n) is 2.42. The summed E-state index contributed by atoms with van der Waals surface area (Å²) in [6.45, 7) is 9.52. The molecule has 6 heteroatoms. The van der Waals surface area contributed by atoms with Gasteiger partial charge < -0.3 is 19.8 Å². The Balaban J connectivity index is 1.92. The Morgan fingerprint density at radius 2 is 1.80 bits per heavy atom. The fraction of sp³-hybridized carbons (Fsp3) is 0.643. The van der Waals surface area contributed by atoms with E-state index in [1.807, 2.05) is 33.8 Å². The number of aromatic nitrogens is 1. The molecule has 0 aliphatic carbocycles. The highest BCUT2D eigenvalue weighted by Crippen LogP contribution is 2.37. The van der Waals surface area contributed by atoms with E-state index in [1.54, 1.807) is 6.20 Å². The van der Waals surface area contributed by atoms with Crippen molar-refractivity contribution < 1.29 is 14.0 Å². The molecule has 20 heavy (non-hydrogen) atoms. The van der Waals surface area contributed by atoms with E-state index in [9.17, 15) is 0 Å². The van der Waals surface area contributed by atoms with Crippen molar-refractivity contribution in [1.82, 2.24) is 4.98 Å². The summed E-state index contributed by atoms with van der Waals surface area (Å²) in [5.74, 6) is 0.360. The molecule has 108 valence electrons. The molecule has 0 aromatic carbocycles. The molecule has 2 saturated heterocycles. The summed E-state index contributed by atoms with van der Waals surface area (Å²) in [6, 6.07) is 1.96. The SMILES string of the molecule is CC1(C)OB(c2nccc(C3COC3)c2N)OC1(C)C. The summed E-state index contributed by atoms with van der Waals surface area (Å²) in [5, 5.41) is 0. The third-order valence-electron chi connectivity index (χ3n) is 4.61. The van der Waals surface area contributed by atoms with Crippen molar-refractivity contribution in [2.45, 2.75) is 44.8 Å². The van der Waals surface area contributed by atoms with Crippen LogP contribution >= 0.6 is 0 Å². The topological polar surface area (TPSA) is 66.6 Å². The van der Waals surface area contributed by atoms with Gasteiger partial charge in [-0.05, 0) is 39.3 Å². The van der Waals surface area contributed by atoms with E-state index in [2.05, 4.69) is 4.98 Å². The largest absolute Gasteiger partial charge is 0.516 e. The van der Waals surface area contributed by atoms with Gasteiger partial charge >= 0.3 is 7.12 Å². The molecule has 0 radical (unpaired) electrons. The fourth-order valence-corrected chi connectivity index (χ4v) is 2.42. The highest BCUT2D eigenvalue weighted by Gasteiger charge is 2.53. The number of hydrogen-bond donors (Lipinski definition) is 1. The van der Waals surface area contributed by atoms with Crippen LogP contribution in [-0.4, -0.2) is 36.5 Å². The van der Waals surface area contributed by atoms with E-state index in [1.165, 1.54) is 0 Å². The van der Waals surface area contributed by atoms with Crippen LogP contribution < -0.4 is 11.3 Å². The van der Waals surface area contributed by atoms with Gasteiger partial charge in [0.1, 0.15) is 0 Å². The van der Waals surface area contributed by atoms with Gasteiger partial charge in [0, 0.05) is 12.1 Å². The van der Waals surface area contributed by atoms with Crippen LogP contribution in [0.4, 0.5) is 5.69 Å². The second-order valence-corrected chi connectivity index (χ2v) is 6.52. The van der Waals surface area contributed by atoms with Crippen LogP contribution in [-0.2, 0) is 14.0 Å². The van der Waals surface area contributed by atoms with Crippen molar-refractivity contribution >= 4 is 18.4 Å². The number of nitrogens with two attached hydrogens (primary N) is 1. The molecule has 3 heterocycles. The molecule has 5 nitrogen and oxygen atoms in total. The van der Waals surface area contributed by atoms with E-state index in [-0.39, 0.29) is 11.2 Å². The molecule has 0 spiro atoms. The maximum absolute atomic E-state index is 6.27. The number of nitrogens with zero attached hydrogens (tertiary/aromatic N) is 1. The van der Waals surface area contributed by atoms with Gasteiger partial charge in [0.2, 0.25) is 0 Å². The number of ether oxygens (including phenoxy) is 1. The smallest absolute Gasteiger partial charge is 0.398 e. The molecule has 0 saturated carbocycles. The van der Waals surface area contributed by atoms with Gasteiger partial charge in [-0.15, -0.1) is 0 Å². The molecule has 0 atom stereocenters. The molecule has 2 aliphatic rings. The zero-order chi connectivity index (χ0) is 14.5. The Labute approximate surface area is 119 Å². The standard InChI is InChI=1S/C14H21BN2O3/c1-13(2)14(3,4)20-15(19-13)12-11(16)10(5-6-17-12)9-7-18-8-9/h5-6,9H,7-8,16H2,1-4H3. The first-order valence-electron chi connectivity index (χ1n) is 6.99. The van der Waals surface area contributed by atoms with Gasteiger partial charge in [-0.2, -0.15) is 0 Å². The zero-order valence-corrected chi connectivity index (χ0v) is 12.5. The first-order valence-corrected chi connectivity index (χ1v) is 6.99. The van der Waals surface area contributed by atoms with Crippen LogP contribution in [0.2, 0.25) is 0 Å². The van der Waals surface area contributed by atoms with Gasteiger partial charge in [-0.25, -0.2) is 0 Å². The van der Waals surface area contributed by atoms with E-state index >= 15 is 0 Å². The monoisotopic (exact) mass is 276 g/mol. The summed E-state index contributed by atoms with van der Waals surface area (Å²) in [6.07, 6.45) is 1.77. The van der Waals surface area contributed by atoms with Crippen LogP contribution in [0, 0.1) is 0 Å². The van der Waals surface area contributed by atoms with Crippen molar-refractivity contribution in [2.75, 3.05) is 18.9 Å². The minimum atomic E-state index is -0.513. The Morgan fingerprint density at radius 1 is 1.20 bits per heavy atom. The Bertz CT molecular complexity index is 513. The van der Waals surface area contributed by atoms with Crippen molar-refractivity contribution in [3.05, 3.63) is 17.8 Å². The normalized spacial score (nSPS) is 24.7. The predicted octanol–water partition coefficient (Wildman–Crippen LogP) is 1.08. The predicted molar refractivity (Wildman–Crippen MR) is 77.9 cm³/mol. The second kappa shape index (κ2) is 4.45. The first kappa shape index (κ1) is 13.9. The molecule has 2 N–H and O–H groups in total. The summed E-state index contributed by atoms with van der Waals surface area (Å²) >= 11 is 0. The van der Waals surface area contributed by atoms with Crippen molar-refractivity contribution in [3.63, 3.8) is 0 Å². The van der Waals surface area contributed by atoms with Crippen molar-refractivity contribution in [3.8, 4) is 0 Å². The van der Waals surface area contributed by atoms with Gasteiger partial charge in [0.05, 0.1) is 35.7 Å². The molecule has 0 bridgehead atoms. The Hall–Kier alpha value is -1.11. The van der Waals surface area contributed by atoms with Crippen LogP contribution in [0.3, 0.4) is 0 Å². The maximum atomic E-state index is 6.27. The molecule has 3 rings (SSSR count). The van der Waals surface area contributed by atoms with Gasteiger partial charge in [0.15, 0.2) is 0 Å². The molecule has 0 amide bonds. The lowest BCUT2D eigenvalue weighted by molar-refractivity contribution is 0.00578. The van der Waals surface area contributed by atoms with Crippen molar-refractivity contribution in [1.29, 1.82) is 0 Å². The number of anilines is 1. The highest BCUT2D eigenvalue weighted by atomic mass is 16.7. The van der Waals surface area contributed by atoms with Crippen LogP contribution in [0.5, 0.6) is 0 Å². The third kappa shape index (κ3) is 2.03. The average Bonchev–Trinajstić information content (AvgIpc) is 2.48. The molecule has 2 aliphatic heterocycles. The average molecular weight is 276 g/mol. The lowest BCUT2D eigenvalue weighted by Gasteiger charge is -2.32. The Kier molecular flexibility index (Phi) is 3.08. The van der Waals surface area contributed by atoms with E-state index < -0.39 is 7.12 Å². The summed E-state index contributed by atoms with van der Waals surface area (Å²) in [7, 11) is -0.513. The van der Waals surface area contributed by atoms with Crippen molar-refractivity contribution in [2.24, 2.45) is 0 Å². The third-order valence-corrected chi connectivity index (χ3v) is 4.61. The maximum Gasteiger partial charge on any atom is 0.516 e. The lowest BCUT2D eigenvalue weighted by Crippen LogP contribution is -2.41. The molecule has 0 unspecified atom stereocenters. The minimum absolute atomic E-state index is 0.360. The summed E-state index contributed by atoms with van der Waals surface area (Å²) < 4.78 is 17.3. The zero-order valence-electron chi connectivity index (χ0n) is 12.5. The molecular formula is C14H21BN2O3. The number of rotatable bonds is 2. The lowest BCUT2D eigenvalue weighted by atomic mass is 9.80. The number of hydrogen-bond acceptors (Lipinski definition) is 5. The number of nitrogen functional groups attached to an aromatic ring is 1. The second-order valence-electron chi connectivity index (χ2n) is 6.52. The van der Waals surface area contributed by atoms with Gasteiger partial charge in [-0.1, -0.05) is 0 Å². The van der Waals surface area contributed by atoms with E-state index in [4.69, 9.17) is 19.8 Å². The highest BCUT2D eigenvalue weighted by molar-refractivity contribution is 6.62. The van der Waals surface area contributed by atoms with Crippen LogP contribution in [0.15, 0.2) is 12.3 Å². The molecule has 1 aromatic rings. The summed E-state index contributed by atoms with van der Waals surface area (Å²) in [4.78, 5) is 4.38. The molecule has 2 fully saturated rings. The molecular weight excluding hydrogens is 255 g/mol. The Morgan fingerprint density at radius 3 is 2.30 bits per heavy atom. The van der Waals surface area contributed by atoms with E-state index in [0.29, 0.717) is 17.2 Å².